The lowest BCUT2D eigenvalue weighted by molar-refractivity contribution is 0.0600. The molecule has 0 spiro atoms. The van der Waals surface area contributed by atoms with Crippen molar-refractivity contribution >= 4 is 27.6 Å². The van der Waals surface area contributed by atoms with E-state index in [0.717, 1.165) is 11.1 Å². The molecule has 0 aliphatic rings. The van der Waals surface area contributed by atoms with Gasteiger partial charge in [-0.1, -0.05) is 29.3 Å². The largest absolute Gasteiger partial charge is 0.492 e. The van der Waals surface area contributed by atoms with E-state index in [2.05, 4.69) is 9.46 Å². The lowest BCUT2D eigenvalue weighted by atomic mass is 10.1. The second kappa shape index (κ2) is 8.53. The summed E-state index contributed by atoms with van der Waals surface area (Å²) in [5, 5.41) is 0.119. The molecule has 2 rings (SSSR count). The molecule has 0 bridgehead atoms. The number of carbonyl (C=O) groups excluding carboxylic acids is 1. The summed E-state index contributed by atoms with van der Waals surface area (Å²) in [5.74, 6) is -0.000465. The van der Waals surface area contributed by atoms with Gasteiger partial charge in [-0.15, -0.1) is 0 Å². The van der Waals surface area contributed by atoms with Gasteiger partial charge in [-0.05, 0) is 43.7 Å². The Morgan fingerprint density at radius 1 is 1.15 bits per heavy atom. The average molecular weight is 398 g/mol. The van der Waals surface area contributed by atoms with E-state index in [1.807, 2.05) is 32.0 Å². The highest BCUT2D eigenvalue weighted by Gasteiger charge is 2.18. The molecule has 0 heterocycles. The molecular formula is C18H20ClNO5S. The first-order valence-corrected chi connectivity index (χ1v) is 9.68. The van der Waals surface area contributed by atoms with Crippen molar-refractivity contribution in [3.05, 3.63) is 58.1 Å². The van der Waals surface area contributed by atoms with Crippen molar-refractivity contribution in [2.75, 3.05) is 20.3 Å². The fourth-order valence-electron chi connectivity index (χ4n) is 2.32. The number of sulfonamides is 1. The summed E-state index contributed by atoms with van der Waals surface area (Å²) in [4.78, 5) is 11.6. The van der Waals surface area contributed by atoms with Gasteiger partial charge in [0.15, 0.2) is 0 Å². The number of nitrogens with one attached hydrogen (secondary N) is 1. The molecule has 2 aromatic rings. The van der Waals surface area contributed by atoms with Gasteiger partial charge in [0.1, 0.15) is 12.4 Å². The minimum atomic E-state index is -3.81. The lowest BCUT2D eigenvalue weighted by Gasteiger charge is -2.11. The number of rotatable bonds is 7. The summed E-state index contributed by atoms with van der Waals surface area (Å²) in [6, 6.07) is 9.61. The highest BCUT2D eigenvalue weighted by molar-refractivity contribution is 7.89. The van der Waals surface area contributed by atoms with Crippen LogP contribution in [0.25, 0.3) is 0 Å². The number of esters is 1. The minimum absolute atomic E-state index is 0.0106. The molecule has 0 atom stereocenters. The van der Waals surface area contributed by atoms with Gasteiger partial charge >= 0.3 is 5.97 Å². The summed E-state index contributed by atoms with van der Waals surface area (Å²) >= 11 is 5.90. The van der Waals surface area contributed by atoms with Crippen LogP contribution < -0.4 is 9.46 Å². The van der Waals surface area contributed by atoms with E-state index < -0.39 is 16.0 Å². The standard InChI is InChI=1S/C18H20ClNO5S/c1-12-4-7-17(13(2)10-12)25-9-8-20-26(22,23)14-5-6-16(19)15(11-14)18(21)24-3/h4-7,10-11,20H,8-9H2,1-3H3. The SMILES string of the molecule is COC(=O)c1cc(S(=O)(=O)NCCOc2ccc(C)cc2C)ccc1Cl. The van der Waals surface area contributed by atoms with Crippen molar-refractivity contribution in [2.24, 2.45) is 0 Å². The molecular weight excluding hydrogens is 378 g/mol. The van der Waals surface area contributed by atoms with Gasteiger partial charge in [0.25, 0.3) is 0 Å². The van der Waals surface area contributed by atoms with Crippen molar-refractivity contribution in [3.8, 4) is 5.75 Å². The Balaban J connectivity index is 2.01. The van der Waals surface area contributed by atoms with Crippen LogP contribution in [0.4, 0.5) is 0 Å². The Bertz CT molecular complexity index is 912. The summed E-state index contributed by atoms with van der Waals surface area (Å²) in [6.45, 7) is 4.15. The topological polar surface area (TPSA) is 81.7 Å². The Kier molecular flexibility index (Phi) is 6.63. The zero-order valence-electron chi connectivity index (χ0n) is 14.7. The van der Waals surface area contributed by atoms with Crippen molar-refractivity contribution in [2.45, 2.75) is 18.7 Å². The molecule has 0 amide bonds. The highest BCUT2D eigenvalue weighted by Crippen LogP contribution is 2.21. The molecule has 0 aliphatic heterocycles. The van der Waals surface area contributed by atoms with Gasteiger partial charge < -0.3 is 9.47 Å². The second-order valence-corrected chi connectivity index (χ2v) is 7.82. The summed E-state index contributed by atoms with van der Waals surface area (Å²) in [7, 11) is -2.61. The van der Waals surface area contributed by atoms with Crippen molar-refractivity contribution < 1.29 is 22.7 Å². The third kappa shape index (κ3) is 4.97. The van der Waals surface area contributed by atoms with E-state index >= 15 is 0 Å². The average Bonchev–Trinajstić information content (AvgIpc) is 2.59. The number of hydrogen-bond acceptors (Lipinski definition) is 5. The Hall–Kier alpha value is -2.09. The van der Waals surface area contributed by atoms with Crippen LogP contribution in [0.1, 0.15) is 21.5 Å². The van der Waals surface area contributed by atoms with Crippen LogP contribution in [0.3, 0.4) is 0 Å². The zero-order valence-corrected chi connectivity index (χ0v) is 16.3. The summed E-state index contributed by atoms with van der Waals surface area (Å²) in [5.41, 5.74) is 2.09. The second-order valence-electron chi connectivity index (χ2n) is 5.65. The maximum Gasteiger partial charge on any atom is 0.339 e. The monoisotopic (exact) mass is 397 g/mol. The number of methoxy groups -OCH3 is 1. The molecule has 140 valence electrons. The van der Waals surface area contributed by atoms with Crippen molar-refractivity contribution in [1.82, 2.24) is 4.72 Å². The molecule has 1 N–H and O–H groups in total. The number of hydrogen-bond donors (Lipinski definition) is 1. The third-order valence-corrected chi connectivity index (χ3v) is 5.42. The molecule has 2 aromatic carbocycles. The van der Waals surface area contributed by atoms with Crippen molar-refractivity contribution in [3.63, 3.8) is 0 Å². The van der Waals surface area contributed by atoms with E-state index in [9.17, 15) is 13.2 Å². The minimum Gasteiger partial charge on any atom is -0.492 e. The number of halogens is 1. The van der Waals surface area contributed by atoms with Gasteiger partial charge in [-0.25, -0.2) is 17.9 Å². The van der Waals surface area contributed by atoms with E-state index in [-0.39, 0.29) is 28.6 Å². The molecule has 0 unspecified atom stereocenters. The van der Waals surface area contributed by atoms with Crippen LogP contribution >= 0.6 is 11.6 Å². The number of aryl methyl sites for hydroxylation is 2. The van der Waals surface area contributed by atoms with Crippen LogP contribution in [-0.2, 0) is 14.8 Å². The molecule has 0 saturated carbocycles. The maximum atomic E-state index is 12.4. The lowest BCUT2D eigenvalue weighted by Crippen LogP contribution is -2.28. The van der Waals surface area contributed by atoms with Gasteiger partial charge in [0.2, 0.25) is 10.0 Å². The molecule has 0 saturated heterocycles. The molecule has 0 fully saturated rings. The van der Waals surface area contributed by atoms with Gasteiger partial charge in [0.05, 0.1) is 22.6 Å². The zero-order chi connectivity index (χ0) is 19.3. The van der Waals surface area contributed by atoms with E-state index in [4.69, 9.17) is 16.3 Å². The van der Waals surface area contributed by atoms with Crippen LogP contribution in [0.2, 0.25) is 5.02 Å². The molecule has 8 heteroatoms. The number of ether oxygens (including phenoxy) is 2. The van der Waals surface area contributed by atoms with Crippen LogP contribution in [-0.4, -0.2) is 34.6 Å². The Morgan fingerprint density at radius 2 is 1.88 bits per heavy atom. The summed E-state index contributed by atoms with van der Waals surface area (Å²) in [6.07, 6.45) is 0. The van der Waals surface area contributed by atoms with E-state index in [1.54, 1.807) is 0 Å². The molecule has 26 heavy (non-hydrogen) atoms. The van der Waals surface area contributed by atoms with Gasteiger partial charge in [0, 0.05) is 6.54 Å². The maximum absolute atomic E-state index is 12.4. The first-order chi connectivity index (χ1) is 12.2. The Labute approximate surface area is 158 Å². The molecule has 0 aromatic heterocycles. The fraction of sp³-hybridized carbons (Fsp3) is 0.278. The van der Waals surface area contributed by atoms with Gasteiger partial charge in [-0.2, -0.15) is 0 Å². The van der Waals surface area contributed by atoms with E-state index in [0.29, 0.717) is 5.75 Å². The third-order valence-electron chi connectivity index (χ3n) is 3.64. The molecule has 6 nitrogen and oxygen atoms in total. The van der Waals surface area contributed by atoms with E-state index in [1.165, 1.54) is 25.3 Å². The molecule has 0 radical (unpaired) electrons. The molecule has 0 aliphatic carbocycles. The van der Waals surface area contributed by atoms with Gasteiger partial charge in [-0.3, -0.25) is 0 Å². The van der Waals surface area contributed by atoms with Crippen LogP contribution in [0, 0.1) is 13.8 Å². The first-order valence-electron chi connectivity index (χ1n) is 7.82. The first kappa shape index (κ1) is 20.2. The number of carbonyl (C=O) groups is 1. The number of benzene rings is 2. The normalized spacial score (nSPS) is 11.2. The predicted octanol–water partition coefficient (Wildman–Crippen LogP) is 3.10. The van der Waals surface area contributed by atoms with Crippen LogP contribution in [0.5, 0.6) is 5.75 Å². The fourth-order valence-corrected chi connectivity index (χ4v) is 3.55. The summed E-state index contributed by atoms with van der Waals surface area (Å²) < 4.78 is 37.4. The predicted molar refractivity (Wildman–Crippen MR) is 99.4 cm³/mol. The quantitative estimate of drug-likeness (QED) is 0.573. The smallest absolute Gasteiger partial charge is 0.339 e. The highest BCUT2D eigenvalue weighted by atomic mass is 35.5. The Morgan fingerprint density at radius 3 is 2.54 bits per heavy atom. The van der Waals surface area contributed by atoms with Crippen molar-refractivity contribution in [1.29, 1.82) is 0 Å². The van der Waals surface area contributed by atoms with Crippen LogP contribution in [0.15, 0.2) is 41.3 Å².